The maximum atomic E-state index is 12.4. The Morgan fingerprint density at radius 3 is 2.00 bits per heavy atom. The van der Waals surface area contributed by atoms with Crippen molar-refractivity contribution in [1.29, 1.82) is 0 Å². The second-order valence-corrected chi connectivity index (χ2v) is 8.21. The number of rotatable bonds is 4. The summed E-state index contributed by atoms with van der Waals surface area (Å²) in [6, 6.07) is 12.8. The van der Waals surface area contributed by atoms with Crippen LogP contribution < -0.4 is 21.4 Å². The lowest BCUT2D eigenvalue weighted by Crippen LogP contribution is -3.00. The van der Waals surface area contributed by atoms with Crippen molar-refractivity contribution in [3.05, 3.63) is 65.2 Å². The Kier molecular flexibility index (Phi) is 6.15. The molecule has 0 saturated heterocycles. The van der Waals surface area contributed by atoms with E-state index in [1.807, 2.05) is 6.92 Å². The molecule has 0 fully saturated rings. The van der Waals surface area contributed by atoms with Crippen LogP contribution in [0.25, 0.3) is 0 Å². The van der Waals surface area contributed by atoms with Crippen LogP contribution in [-0.2, 0) is 10.0 Å². The largest absolute Gasteiger partial charge is 1.00 e. The summed E-state index contributed by atoms with van der Waals surface area (Å²) in [5, 5.41) is 0. The van der Waals surface area contributed by atoms with Gasteiger partial charge in [0.1, 0.15) is 11.4 Å². The molecule has 1 N–H and O–H groups in total. The molecule has 0 radical (unpaired) electrons. The van der Waals surface area contributed by atoms with Gasteiger partial charge in [-0.25, -0.2) is 0 Å². The van der Waals surface area contributed by atoms with Gasteiger partial charge in [-0.15, -0.1) is 4.40 Å². The molecule has 2 amide bonds. The third-order valence-corrected chi connectivity index (χ3v) is 5.87. The number of imide groups is 1. The zero-order valence-electron chi connectivity index (χ0n) is 13.6. The van der Waals surface area contributed by atoms with Gasteiger partial charge < -0.3 is 17.0 Å². The molecule has 3 rings (SSSR count). The molecule has 0 saturated carbocycles. The van der Waals surface area contributed by atoms with E-state index >= 15 is 0 Å². The summed E-state index contributed by atoms with van der Waals surface area (Å²) in [6.45, 7) is 1.66. The van der Waals surface area contributed by atoms with Gasteiger partial charge in [0, 0.05) is 15.9 Å². The van der Waals surface area contributed by atoms with Crippen molar-refractivity contribution in [2.75, 3.05) is 6.54 Å². The molecule has 1 aliphatic rings. The first-order chi connectivity index (χ1) is 11.8. The van der Waals surface area contributed by atoms with Crippen LogP contribution in [0.3, 0.4) is 0 Å². The quantitative estimate of drug-likeness (QED) is 0.382. The number of hydrogen-bond acceptors (Lipinski definition) is 4. The maximum Gasteiger partial charge on any atom is 0.393 e. The number of nitrogens with zero attached hydrogens (tertiary/aromatic N) is 1. The van der Waals surface area contributed by atoms with Gasteiger partial charge in [-0.05, 0) is 31.2 Å². The van der Waals surface area contributed by atoms with Gasteiger partial charge in [-0.1, -0.05) is 29.8 Å². The summed E-state index contributed by atoms with van der Waals surface area (Å²) in [5.74, 6) is -0.904. The SMILES string of the molecule is Cc1ccc(S(=O)(=O)/[NH+]=C(\Br)CN2C(=O)c3ccccc3C2=O)cc1.[Br-]. The van der Waals surface area contributed by atoms with Crippen LogP contribution in [0, 0.1) is 6.92 Å². The van der Waals surface area contributed by atoms with Gasteiger partial charge in [0.15, 0.2) is 0 Å². The number of fused-ring (bicyclic) bond motifs is 1. The first-order valence-electron chi connectivity index (χ1n) is 7.35. The Hall–Kier alpha value is -1.84. The van der Waals surface area contributed by atoms with Gasteiger partial charge in [-0.2, -0.15) is 8.42 Å². The number of sulfonamides is 1. The second-order valence-electron chi connectivity index (χ2n) is 5.57. The van der Waals surface area contributed by atoms with Crippen LogP contribution in [0.5, 0.6) is 0 Å². The predicted molar refractivity (Wildman–Crippen MR) is 95.1 cm³/mol. The zero-order valence-corrected chi connectivity index (χ0v) is 17.6. The van der Waals surface area contributed by atoms with Crippen molar-refractivity contribution in [2.45, 2.75) is 11.8 Å². The Morgan fingerprint density at radius 2 is 1.50 bits per heavy atom. The molecule has 6 nitrogen and oxygen atoms in total. The lowest BCUT2D eigenvalue weighted by molar-refractivity contribution is -0.264. The fourth-order valence-electron chi connectivity index (χ4n) is 2.48. The van der Waals surface area contributed by atoms with Gasteiger partial charge in [-0.3, -0.25) is 14.5 Å². The van der Waals surface area contributed by atoms with E-state index in [0.717, 1.165) is 10.5 Å². The minimum atomic E-state index is -3.80. The standard InChI is InChI=1S/C17H13BrN2O4S.BrH/c1-11-6-8-12(9-7-11)25(23,24)19-15(18)10-20-16(21)13-4-2-3-5-14(13)17(20)22;/h2-9H,10H2,1H3;1H/b19-15-;. The molecule has 0 aliphatic carbocycles. The molecule has 2 aromatic carbocycles. The first kappa shape index (κ1) is 20.5. The molecule has 0 unspecified atom stereocenters. The van der Waals surface area contributed by atoms with E-state index in [1.54, 1.807) is 36.4 Å². The van der Waals surface area contributed by atoms with E-state index in [1.165, 1.54) is 12.1 Å². The highest BCUT2D eigenvalue weighted by Crippen LogP contribution is 2.22. The zero-order chi connectivity index (χ0) is 18.2. The molecule has 1 heterocycles. The molecule has 0 spiro atoms. The van der Waals surface area contributed by atoms with Crippen LogP contribution in [0.15, 0.2) is 53.4 Å². The van der Waals surface area contributed by atoms with Crippen molar-refractivity contribution in [2.24, 2.45) is 0 Å². The molecule has 1 aliphatic heterocycles. The highest BCUT2D eigenvalue weighted by atomic mass is 79.9. The Balaban J connectivity index is 0.00000243. The summed E-state index contributed by atoms with van der Waals surface area (Å²) in [6.07, 6.45) is 0. The van der Waals surface area contributed by atoms with Crippen LogP contribution >= 0.6 is 15.9 Å². The molecule has 9 heteroatoms. The fraction of sp³-hybridized carbons (Fsp3) is 0.118. The van der Waals surface area contributed by atoms with E-state index < -0.39 is 21.8 Å². The summed E-state index contributed by atoms with van der Waals surface area (Å²) in [4.78, 5) is 25.7. The van der Waals surface area contributed by atoms with Crippen molar-refractivity contribution < 1.29 is 39.4 Å². The van der Waals surface area contributed by atoms with Crippen molar-refractivity contribution in [3.63, 3.8) is 0 Å². The minimum Gasteiger partial charge on any atom is -1.00 e. The number of halogens is 2. The number of benzene rings is 2. The fourth-order valence-corrected chi connectivity index (χ4v) is 4.33. The third-order valence-electron chi connectivity index (χ3n) is 3.75. The molecule has 136 valence electrons. The van der Waals surface area contributed by atoms with E-state index in [-0.39, 0.29) is 33.0 Å². The van der Waals surface area contributed by atoms with E-state index in [0.29, 0.717) is 11.1 Å². The van der Waals surface area contributed by atoms with Crippen molar-refractivity contribution in [1.82, 2.24) is 4.90 Å². The van der Waals surface area contributed by atoms with Crippen molar-refractivity contribution >= 4 is 42.4 Å². The van der Waals surface area contributed by atoms with Gasteiger partial charge in [0.2, 0.25) is 0 Å². The van der Waals surface area contributed by atoms with Crippen molar-refractivity contribution in [3.8, 4) is 0 Å². The second kappa shape index (κ2) is 7.81. The number of aryl methyl sites for hydroxylation is 1. The third kappa shape index (κ3) is 3.94. The highest BCUT2D eigenvalue weighted by Gasteiger charge is 2.36. The Morgan fingerprint density at radius 1 is 1.00 bits per heavy atom. The lowest BCUT2D eigenvalue weighted by atomic mass is 10.1. The van der Waals surface area contributed by atoms with Crippen LogP contribution in [0.1, 0.15) is 26.3 Å². The van der Waals surface area contributed by atoms with Crippen LogP contribution in [-0.4, -0.2) is 36.3 Å². The summed E-state index contributed by atoms with van der Waals surface area (Å²) in [5.41, 5.74) is 1.57. The number of amides is 2. The first-order valence-corrected chi connectivity index (χ1v) is 9.63. The number of hydrogen-bond donors (Lipinski definition) is 1. The summed E-state index contributed by atoms with van der Waals surface area (Å²) in [7, 11) is -3.80. The smallest absolute Gasteiger partial charge is 0.393 e. The number of carbonyl (C=O) groups is 2. The van der Waals surface area contributed by atoms with Gasteiger partial charge >= 0.3 is 10.0 Å². The van der Waals surface area contributed by atoms with Crippen LogP contribution in [0.2, 0.25) is 0 Å². The lowest BCUT2D eigenvalue weighted by Gasteiger charge is -2.09. The summed E-state index contributed by atoms with van der Waals surface area (Å²) >= 11 is 3.12. The van der Waals surface area contributed by atoms with Gasteiger partial charge in [0.05, 0.1) is 11.1 Å². The average Bonchev–Trinajstić information content (AvgIpc) is 2.80. The monoisotopic (exact) mass is 500 g/mol. The molecule has 0 bridgehead atoms. The molecular formula is C17H14Br2N2O4S. The number of carbonyl (C=O) groups excluding carboxylic acids is 2. The maximum absolute atomic E-state index is 12.4. The molecular weight excluding hydrogens is 488 g/mol. The van der Waals surface area contributed by atoms with Gasteiger partial charge in [0.25, 0.3) is 16.4 Å². The van der Waals surface area contributed by atoms with Crippen LogP contribution in [0.4, 0.5) is 0 Å². The predicted octanol–water partition coefficient (Wildman–Crippen LogP) is -2.14. The molecule has 2 aromatic rings. The normalized spacial score (nSPS) is 14.2. The highest BCUT2D eigenvalue weighted by molar-refractivity contribution is 9.18. The topological polar surface area (TPSA) is 85.5 Å². The number of nitrogens with one attached hydrogen (secondary N) is 1. The van der Waals surface area contributed by atoms with E-state index in [4.69, 9.17) is 0 Å². The Bertz CT molecular complexity index is 967. The Labute approximate surface area is 169 Å². The van der Waals surface area contributed by atoms with E-state index in [2.05, 4.69) is 20.3 Å². The average molecular weight is 502 g/mol. The minimum absolute atomic E-state index is 0. The summed E-state index contributed by atoms with van der Waals surface area (Å²) < 4.78 is 27.2. The van der Waals surface area contributed by atoms with E-state index in [9.17, 15) is 18.0 Å². The molecule has 26 heavy (non-hydrogen) atoms. The molecule has 0 atom stereocenters. The molecule has 0 aromatic heterocycles.